The Bertz CT molecular complexity index is 652. The summed E-state index contributed by atoms with van der Waals surface area (Å²) in [5, 5.41) is 2.35. The number of rotatable bonds is 2. The zero-order valence-electron chi connectivity index (χ0n) is 9.25. The Morgan fingerprint density at radius 1 is 1.26 bits per heavy atom. The molecule has 0 fully saturated rings. The normalized spacial score (nSPS) is 10.3. The zero-order valence-corrected chi connectivity index (χ0v) is 13.0. The van der Waals surface area contributed by atoms with Crippen molar-refractivity contribution in [1.29, 1.82) is 0 Å². The van der Waals surface area contributed by atoms with Gasteiger partial charge in [-0.2, -0.15) is 13.8 Å². The predicted molar refractivity (Wildman–Crippen MR) is 79.0 cm³/mol. The van der Waals surface area contributed by atoms with Gasteiger partial charge in [-0.05, 0) is 68.9 Å². The molecule has 2 aromatic rings. The largest absolute Gasteiger partial charge is 0.318 e. The number of benzene rings is 1. The van der Waals surface area contributed by atoms with E-state index in [0.29, 0.717) is 10.0 Å². The highest BCUT2D eigenvalue weighted by atomic mass is 127. The van der Waals surface area contributed by atoms with Crippen LogP contribution < -0.4 is 5.32 Å². The summed E-state index contributed by atoms with van der Waals surface area (Å²) in [6, 6.07) is 7.28. The van der Waals surface area contributed by atoms with E-state index in [4.69, 9.17) is 0 Å². The average molecular weight is 439 g/mol. The molecule has 1 heterocycles. The van der Waals surface area contributed by atoms with E-state index in [9.17, 15) is 13.6 Å². The number of anilines is 1. The minimum absolute atomic E-state index is 0.169. The maximum Gasteiger partial charge on any atom is 0.256 e. The van der Waals surface area contributed by atoms with Gasteiger partial charge in [0.1, 0.15) is 0 Å². The fourth-order valence-electron chi connectivity index (χ4n) is 1.37. The van der Waals surface area contributed by atoms with Crippen LogP contribution in [0.4, 0.5) is 14.5 Å². The lowest BCUT2D eigenvalue weighted by molar-refractivity contribution is 0.102. The Kier molecular flexibility index (Phi) is 4.46. The van der Waals surface area contributed by atoms with Gasteiger partial charge in [-0.25, -0.2) is 0 Å². The fraction of sp³-hybridized carbons (Fsp3) is 0. The topological polar surface area (TPSA) is 42.0 Å². The van der Waals surface area contributed by atoms with Crippen molar-refractivity contribution in [3.63, 3.8) is 0 Å². The van der Waals surface area contributed by atoms with Crippen LogP contribution in [0.15, 0.2) is 34.8 Å². The van der Waals surface area contributed by atoms with Crippen LogP contribution in [-0.4, -0.2) is 10.9 Å². The SMILES string of the molecule is O=C(Nc1ccc(F)nc1F)c1cc(I)ccc1Br. The van der Waals surface area contributed by atoms with Gasteiger partial charge in [0.2, 0.25) is 11.9 Å². The summed E-state index contributed by atoms with van der Waals surface area (Å²) >= 11 is 5.30. The minimum atomic E-state index is -1.06. The number of pyridine rings is 1. The van der Waals surface area contributed by atoms with E-state index in [2.05, 4.69) is 48.8 Å². The van der Waals surface area contributed by atoms with Crippen molar-refractivity contribution in [2.24, 2.45) is 0 Å². The predicted octanol–water partition coefficient (Wildman–Crippen LogP) is 3.98. The summed E-state index contributed by atoms with van der Waals surface area (Å²) in [4.78, 5) is 15.0. The molecule has 1 N–H and O–H groups in total. The number of aromatic nitrogens is 1. The number of nitrogens with one attached hydrogen (secondary N) is 1. The Hall–Kier alpha value is -1.09. The molecule has 1 amide bonds. The number of amides is 1. The van der Waals surface area contributed by atoms with Crippen molar-refractivity contribution in [1.82, 2.24) is 4.98 Å². The zero-order chi connectivity index (χ0) is 14.0. The van der Waals surface area contributed by atoms with E-state index >= 15 is 0 Å². The smallest absolute Gasteiger partial charge is 0.256 e. The molecule has 98 valence electrons. The summed E-state index contributed by atoms with van der Waals surface area (Å²) in [7, 11) is 0. The molecule has 2 rings (SSSR count). The molecule has 0 spiro atoms. The highest BCUT2D eigenvalue weighted by molar-refractivity contribution is 14.1. The molecule has 0 aliphatic rings. The van der Waals surface area contributed by atoms with Crippen molar-refractivity contribution < 1.29 is 13.6 Å². The molecule has 7 heteroatoms. The molecule has 0 atom stereocenters. The minimum Gasteiger partial charge on any atom is -0.318 e. The summed E-state index contributed by atoms with van der Waals surface area (Å²) in [5.74, 6) is -2.50. The standard InChI is InChI=1S/C12H6BrF2IN2O/c13-8-2-1-6(16)5-7(8)12(19)17-9-3-4-10(14)18-11(9)15/h1-5H,(H,17,19). The molecule has 0 saturated carbocycles. The summed E-state index contributed by atoms with van der Waals surface area (Å²) in [6.45, 7) is 0. The van der Waals surface area contributed by atoms with E-state index in [1.807, 2.05) is 6.07 Å². The molecule has 19 heavy (non-hydrogen) atoms. The van der Waals surface area contributed by atoms with Crippen molar-refractivity contribution >= 4 is 50.1 Å². The third-order valence-corrected chi connectivity index (χ3v) is 3.60. The molecular weight excluding hydrogens is 433 g/mol. The number of carbonyl (C=O) groups excluding carboxylic acids is 1. The van der Waals surface area contributed by atoms with Gasteiger partial charge in [-0.3, -0.25) is 4.79 Å². The monoisotopic (exact) mass is 438 g/mol. The second kappa shape index (κ2) is 5.91. The van der Waals surface area contributed by atoms with Crippen LogP contribution >= 0.6 is 38.5 Å². The molecule has 0 radical (unpaired) electrons. The Morgan fingerprint density at radius 2 is 2.00 bits per heavy atom. The van der Waals surface area contributed by atoms with Crippen LogP contribution in [-0.2, 0) is 0 Å². The third-order valence-electron chi connectivity index (χ3n) is 2.24. The summed E-state index contributed by atoms with van der Waals surface area (Å²) in [5.41, 5.74) is 0.188. The van der Waals surface area contributed by atoms with Gasteiger partial charge < -0.3 is 5.32 Å². The lowest BCUT2D eigenvalue weighted by Crippen LogP contribution is -2.14. The second-order valence-electron chi connectivity index (χ2n) is 3.55. The summed E-state index contributed by atoms with van der Waals surface area (Å²) in [6.07, 6.45) is 0. The Morgan fingerprint density at radius 3 is 2.68 bits per heavy atom. The Labute approximate surface area is 129 Å². The lowest BCUT2D eigenvalue weighted by atomic mass is 10.2. The van der Waals surface area contributed by atoms with Crippen molar-refractivity contribution in [3.05, 3.63) is 55.8 Å². The quantitative estimate of drug-likeness (QED) is 0.569. The Balaban J connectivity index is 2.28. The van der Waals surface area contributed by atoms with Gasteiger partial charge in [0.05, 0.1) is 11.3 Å². The number of halogens is 4. The number of nitrogens with zero attached hydrogens (tertiary/aromatic N) is 1. The van der Waals surface area contributed by atoms with Crippen molar-refractivity contribution in [3.8, 4) is 0 Å². The van der Waals surface area contributed by atoms with E-state index in [0.717, 1.165) is 15.7 Å². The van der Waals surface area contributed by atoms with Gasteiger partial charge in [-0.1, -0.05) is 0 Å². The van der Waals surface area contributed by atoms with E-state index < -0.39 is 17.8 Å². The van der Waals surface area contributed by atoms with Gasteiger partial charge >= 0.3 is 0 Å². The molecule has 0 saturated heterocycles. The third kappa shape index (κ3) is 3.47. The first-order valence-corrected chi connectivity index (χ1v) is 6.93. The highest BCUT2D eigenvalue weighted by Gasteiger charge is 2.14. The maximum absolute atomic E-state index is 13.3. The van der Waals surface area contributed by atoms with E-state index in [1.165, 1.54) is 0 Å². The van der Waals surface area contributed by atoms with Crippen molar-refractivity contribution in [2.75, 3.05) is 5.32 Å². The molecular formula is C12H6BrF2IN2O. The fourth-order valence-corrected chi connectivity index (χ4v) is 2.28. The number of carbonyl (C=O) groups is 1. The van der Waals surface area contributed by atoms with Crippen molar-refractivity contribution in [2.45, 2.75) is 0 Å². The molecule has 1 aromatic heterocycles. The summed E-state index contributed by atoms with van der Waals surface area (Å²) < 4.78 is 27.4. The van der Waals surface area contributed by atoms with Crippen LogP contribution in [0.3, 0.4) is 0 Å². The first-order valence-electron chi connectivity index (χ1n) is 5.06. The van der Waals surface area contributed by atoms with Crippen LogP contribution in [0.2, 0.25) is 0 Å². The van der Waals surface area contributed by atoms with Crippen LogP contribution in [0.5, 0.6) is 0 Å². The van der Waals surface area contributed by atoms with Gasteiger partial charge in [0.15, 0.2) is 0 Å². The first kappa shape index (κ1) is 14.3. The lowest BCUT2D eigenvalue weighted by Gasteiger charge is -2.07. The molecule has 0 aliphatic carbocycles. The van der Waals surface area contributed by atoms with Crippen LogP contribution in [0.1, 0.15) is 10.4 Å². The molecule has 1 aromatic carbocycles. The van der Waals surface area contributed by atoms with E-state index in [1.54, 1.807) is 12.1 Å². The maximum atomic E-state index is 13.3. The molecule has 0 unspecified atom stereocenters. The van der Waals surface area contributed by atoms with Gasteiger partial charge in [0, 0.05) is 8.04 Å². The molecule has 0 aliphatic heterocycles. The number of hydrogen-bond donors (Lipinski definition) is 1. The second-order valence-corrected chi connectivity index (χ2v) is 5.65. The van der Waals surface area contributed by atoms with Crippen LogP contribution in [0, 0.1) is 15.5 Å². The average Bonchev–Trinajstić information content (AvgIpc) is 2.35. The van der Waals surface area contributed by atoms with Gasteiger partial charge in [0.25, 0.3) is 5.91 Å². The molecule has 3 nitrogen and oxygen atoms in total. The first-order chi connectivity index (χ1) is 8.97. The van der Waals surface area contributed by atoms with E-state index in [-0.39, 0.29) is 5.69 Å². The highest BCUT2D eigenvalue weighted by Crippen LogP contribution is 2.21. The van der Waals surface area contributed by atoms with Crippen LogP contribution in [0.25, 0.3) is 0 Å². The number of hydrogen-bond acceptors (Lipinski definition) is 2. The molecule has 0 bridgehead atoms. The van der Waals surface area contributed by atoms with Gasteiger partial charge in [-0.15, -0.1) is 0 Å².